The molecule has 20 heteroatoms. The number of rotatable bonds is 11. The summed E-state index contributed by atoms with van der Waals surface area (Å²) in [6.07, 6.45) is -11.4. The van der Waals surface area contributed by atoms with Gasteiger partial charge in [0, 0.05) is 32.3 Å². The lowest BCUT2D eigenvalue weighted by atomic mass is 9.73. The molecule has 0 radical (unpaired) electrons. The molecule has 0 spiro atoms. The van der Waals surface area contributed by atoms with Crippen molar-refractivity contribution in [3.05, 3.63) is 35.9 Å². The molecule has 0 aromatic heterocycles. The third kappa shape index (κ3) is 11.7. The number of benzene rings is 1. The molecule has 5 saturated heterocycles. The van der Waals surface area contributed by atoms with Crippen molar-refractivity contribution in [3.8, 4) is 0 Å². The average molecular weight is 984 g/mol. The molecule has 20 atom stereocenters. The molecule has 19 nitrogen and oxygen atoms in total. The summed E-state index contributed by atoms with van der Waals surface area (Å²) in [5, 5.41) is 0. The molecule has 1 aromatic rings. The van der Waals surface area contributed by atoms with E-state index in [4.69, 9.17) is 60.5 Å². The number of esters is 2. The van der Waals surface area contributed by atoms with E-state index in [0.29, 0.717) is 6.42 Å². The number of hydrogen-bond acceptors (Lipinski definition) is 19. The van der Waals surface area contributed by atoms with E-state index in [0.717, 1.165) is 5.56 Å². The second-order valence-electron chi connectivity index (χ2n) is 20.1. The SMILES string of the molecule is CC[C@H]1OC(=O)[C@H](C)[C@@H](O[C@H]2C[C@](C)(OC)[C@H](OC(=O)OCc3ccccc3)[C@@H](C)O2)[C@H](C)[C@@H](O[C@@H]2O[C@H](C)C[C@H](N(C)C)[C@H]2OC(C)=O)[C@]2(C)C[C@@H](C)[C@H](OS(=O)O2)[C@H](C)[C@H]2OC(=O)O[C@@]21C. The third-order valence-corrected chi connectivity index (χ3v) is 15.4. The van der Waals surface area contributed by atoms with E-state index in [2.05, 4.69) is 0 Å². The molecule has 384 valence electrons. The average Bonchev–Trinajstić information content (AvgIpc) is 3.53. The first-order valence-corrected chi connectivity index (χ1v) is 24.7. The molecular formula is C48H73NO18S. The van der Waals surface area contributed by atoms with Gasteiger partial charge in [0.2, 0.25) is 0 Å². The van der Waals surface area contributed by atoms with Crippen LogP contribution in [-0.2, 0) is 88.0 Å². The summed E-state index contributed by atoms with van der Waals surface area (Å²) < 4.78 is 95.4. The molecule has 5 heterocycles. The first-order chi connectivity index (χ1) is 31.9. The quantitative estimate of drug-likeness (QED) is 0.175. The number of likely N-dealkylation sites (N-methyl/N-ethyl adjacent to an activating group) is 1. The molecule has 0 aliphatic carbocycles. The molecule has 1 unspecified atom stereocenters. The first-order valence-electron chi connectivity index (χ1n) is 23.7. The van der Waals surface area contributed by atoms with Gasteiger partial charge in [0.1, 0.15) is 23.9 Å². The van der Waals surface area contributed by atoms with Gasteiger partial charge >= 0.3 is 35.6 Å². The predicted molar refractivity (Wildman–Crippen MR) is 241 cm³/mol. The number of fused-ring (bicyclic) bond motifs is 4. The van der Waals surface area contributed by atoms with Crippen LogP contribution in [0.1, 0.15) is 107 Å². The topological polar surface area (TPSA) is 209 Å². The minimum Gasteiger partial charge on any atom is -0.458 e. The van der Waals surface area contributed by atoms with Crippen LogP contribution in [0.3, 0.4) is 0 Å². The van der Waals surface area contributed by atoms with E-state index in [-0.39, 0.29) is 38.0 Å². The highest BCUT2D eigenvalue weighted by atomic mass is 32.2. The maximum absolute atomic E-state index is 14.8. The Morgan fingerprint density at radius 1 is 0.882 bits per heavy atom. The monoisotopic (exact) mass is 983 g/mol. The molecular weight excluding hydrogens is 911 g/mol. The Hall–Kier alpha value is -3.47. The van der Waals surface area contributed by atoms with Gasteiger partial charge in [0.05, 0.1) is 42.5 Å². The fraction of sp³-hybridized carbons (Fsp3) is 0.792. The predicted octanol–water partition coefficient (Wildman–Crippen LogP) is 6.33. The van der Waals surface area contributed by atoms with Crippen molar-refractivity contribution in [3.63, 3.8) is 0 Å². The summed E-state index contributed by atoms with van der Waals surface area (Å²) in [6, 6.07) is 8.85. The van der Waals surface area contributed by atoms with Crippen molar-refractivity contribution in [2.45, 2.75) is 199 Å². The number of carbonyl (C=O) groups is 4. The number of ether oxygens (including phenoxy) is 11. The molecule has 1 aromatic carbocycles. The summed E-state index contributed by atoms with van der Waals surface area (Å²) in [7, 11) is 5.24. The minimum absolute atomic E-state index is 0.00888. The van der Waals surface area contributed by atoms with Gasteiger partial charge in [-0.15, -0.1) is 0 Å². The largest absolute Gasteiger partial charge is 0.509 e. The Labute approximate surface area is 402 Å². The van der Waals surface area contributed by atoms with E-state index >= 15 is 0 Å². The Morgan fingerprint density at radius 2 is 1.57 bits per heavy atom. The summed E-state index contributed by atoms with van der Waals surface area (Å²) >= 11 is -2.41. The molecule has 0 amide bonds. The summed E-state index contributed by atoms with van der Waals surface area (Å²) in [5.41, 5.74) is -3.40. The fourth-order valence-corrected chi connectivity index (χ4v) is 12.1. The van der Waals surface area contributed by atoms with Gasteiger partial charge in [-0.1, -0.05) is 58.0 Å². The zero-order chi connectivity index (χ0) is 50.0. The number of cyclic esters (lactones) is 1. The smallest absolute Gasteiger partial charge is 0.458 e. The normalized spacial score (nSPS) is 43.5. The van der Waals surface area contributed by atoms with Gasteiger partial charge in [-0.25, -0.2) is 9.59 Å². The Kier molecular flexibility index (Phi) is 17.3. The van der Waals surface area contributed by atoms with Crippen LogP contribution in [0.5, 0.6) is 0 Å². The highest BCUT2D eigenvalue weighted by Crippen LogP contribution is 2.47. The standard InChI is InChI=1S/C48H73NO18S/c1-15-34-48(11)40(63-45(53)65-48)27(4)36-25(2)22-47(10,67-68(54)66-36)39(62-43-38(59-31(8)50)33(49(12)13)21-26(3)57-43)28(5)37(29(6)42(51)60-34)61-35-23-46(9,55-14)41(30(7)58-35)64-44(52)56-24-32-19-17-16-18-20-32/h16-20,25-30,33-41,43H,15,21-24H2,1-14H3/t25-,26-,27+,28+,29-,30-,33+,34-,35+,36+,37+,38-,39-,40-,41-,43+,46+,47+,48-,68?/m1/s1. The van der Waals surface area contributed by atoms with Crippen molar-refractivity contribution < 1.29 is 83.9 Å². The molecule has 0 N–H and O–H groups in total. The molecule has 5 aliphatic heterocycles. The number of carbonyl (C=O) groups excluding carboxylic acids is 4. The first kappa shape index (κ1) is 53.9. The second-order valence-corrected chi connectivity index (χ2v) is 20.9. The third-order valence-electron chi connectivity index (χ3n) is 14.6. The Balaban J connectivity index is 1.42. The zero-order valence-corrected chi connectivity index (χ0v) is 42.7. The second kappa shape index (κ2) is 21.9. The highest BCUT2D eigenvalue weighted by molar-refractivity contribution is 7.75. The maximum Gasteiger partial charge on any atom is 0.509 e. The summed E-state index contributed by atoms with van der Waals surface area (Å²) in [4.78, 5) is 55.6. The van der Waals surface area contributed by atoms with E-state index in [1.54, 1.807) is 48.5 Å². The van der Waals surface area contributed by atoms with Gasteiger partial charge < -0.3 is 57.0 Å². The van der Waals surface area contributed by atoms with E-state index in [1.807, 2.05) is 70.1 Å². The van der Waals surface area contributed by atoms with Crippen molar-refractivity contribution in [2.75, 3.05) is 21.2 Å². The molecule has 0 saturated carbocycles. The van der Waals surface area contributed by atoms with Crippen LogP contribution in [0.15, 0.2) is 30.3 Å². The number of nitrogens with zero attached hydrogens (tertiary/aromatic N) is 1. The van der Waals surface area contributed by atoms with Crippen LogP contribution in [0.4, 0.5) is 9.59 Å². The Morgan fingerprint density at radius 3 is 2.21 bits per heavy atom. The van der Waals surface area contributed by atoms with Crippen LogP contribution < -0.4 is 0 Å². The van der Waals surface area contributed by atoms with Crippen LogP contribution in [0, 0.1) is 23.7 Å². The van der Waals surface area contributed by atoms with Gasteiger partial charge in [0.25, 0.3) is 0 Å². The van der Waals surface area contributed by atoms with Gasteiger partial charge in [0.15, 0.2) is 36.5 Å². The molecule has 5 aliphatic rings. The van der Waals surface area contributed by atoms with Crippen LogP contribution in [0.25, 0.3) is 0 Å². The molecule has 2 bridgehead atoms. The summed E-state index contributed by atoms with van der Waals surface area (Å²) in [5.74, 6) is -4.30. The minimum atomic E-state index is -2.41. The number of hydrogen-bond donors (Lipinski definition) is 0. The van der Waals surface area contributed by atoms with Crippen LogP contribution in [0.2, 0.25) is 0 Å². The lowest BCUT2D eigenvalue weighted by Gasteiger charge is -2.49. The van der Waals surface area contributed by atoms with E-state index < -0.39 is 137 Å². The van der Waals surface area contributed by atoms with Crippen molar-refractivity contribution >= 4 is 35.6 Å². The van der Waals surface area contributed by atoms with E-state index in [1.165, 1.54) is 14.0 Å². The fourth-order valence-electron chi connectivity index (χ4n) is 11.1. The summed E-state index contributed by atoms with van der Waals surface area (Å²) in [6.45, 7) is 19.1. The Bertz CT molecular complexity index is 1940. The zero-order valence-electron chi connectivity index (χ0n) is 41.9. The van der Waals surface area contributed by atoms with Gasteiger partial charge in [-0.3, -0.25) is 18.0 Å². The van der Waals surface area contributed by atoms with Crippen molar-refractivity contribution in [1.29, 1.82) is 0 Å². The van der Waals surface area contributed by atoms with Crippen molar-refractivity contribution in [2.24, 2.45) is 23.7 Å². The highest BCUT2D eigenvalue weighted by Gasteiger charge is 2.61. The lowest BCUT2D eigenvalue weighted by Crippen LogP contribution is -2.62. The van der Waals surface area contributed by atoms with Crippen LogP contribution >= 0.6 is 0 Å². The van der Waals surface area contributed by atoms with Crippen molar-refractivity contribution in [1.82, 2.24) is 4.90 Å². The maximum atomic E-state index is 14.8. The number of methoxy groups -OCH3 is 1. The lowest BCUT2D eigenvalue weighted by molar-refractivity contribution is -0.317. The van der Waals surface area contributed by atoms with E-state index in [9.17, 15) is 23.4 Å². The van der Waals surface area contributed by atoms with Gasteiger partial charge in [-0.05, 0) is 86.4 Å². The molecule has 68 heavy (non-hydrogen) atoms. The molecule has 6 rings (SSSR count). The molecule has 5 fully saturated rings. The van der Waals surface area contributed by atoms with Crippen LogP contribution in [-0.4, -0.2) is 145 Å². The van der Waals surface area contributed by atoms with Gasteiger partial charge in [-0.2, -0.15) is 4.21 Å².